The fourth-order valence-electron chi connectivity index (χ4n) is 2.71. The average Bonchev–Trinajstić information content (AvgIpc) is 3.06. The Hall–Kier alpha value is -2.87. The maximum absolute atomic E-state index is 12.5. The number of amides is 3. The minimum absolute atomic E-state index is 0.0594. The van der Waals surface area contributed by atoms with Gasteiger partial charge in [0.2, 0.25) is 0 Å². The predicted octanol–water partition coefficient (Wildman–Crippen LogP) is 2.12. The molecule has 3 rings (SSSR count). The van der Waals surface area contributed by atoms with E-state index in [1.165, 1.54) is 4.90 Å². The maximum Gasteiger partial charge on any atom is 0.321 e. The van der Waals surface area contributed by atoms with Gasteiger partial charge in [0.25, 0.3) is 5.91 Å². The Labute approximate surface area is 151 Å². The van der Waals surface area contributed by atoms with Crippen molar-refractivity contribution in [3.8, 4) is 0 Å². The number of morpholine rings is 1. The van der Waals surface area contributed by atoms with Crippen molar-refractivity contribution >= 4 is 17.6 Å². The molecular weight excluding hydrogens is 336 g/mol. The average molecular weight is 358 g/mol. The zero-order valence-corrected chi connectivity index (χ0v) is 14.9. The fraction of sp³-hybridized carbons (Fsp3) is 0.389. The molecule has 0 saturated carbocycles. The van der Waals surface area contributed by atoms with Crippen LogP contribution in [-0.2, 0) is 11.3 Å². The molecule has 1 aromatic heterocycles. The number of aryl methyl sites for hydroxylation is 1. The molecule has 0 unspecified atom stereocenters. The number of nitrogens with one attached hydrogen (secondary N) is 1. The third-order valence-electron chi connectivity index (χ3n) is 4.08. The minimum Gasteiger partial charge on any atom is -0.378 e. The van der Waals surface area contributed by atoms with Gasteiger partial charge in [-0.05, 0) is 25.1 Å². The molecule has 0 atom stereocenters. The first-order valence-electron chi connectivity index (χ1n) is 8.44. The quantitative estimate of drug-likeness (QED) is 0.904. The van der Waals surface area contributed by atoms with Crippen LogP contribution in [0.15, 0.2) is 34.9 Å². The van der Waals surface area contributed by atoms with Crippen LogP contribution >= 0.6 is 0 Å². The van der Waals surface area contributed by atoms with Gasteiger partial charge in [-0.25, -0.2) is 4.79 Å². The van der Waals surface area contributed by atoms with Crippen LogP contribution in [0.2, 0.25) is 0 Å². The normalized spacial score (nSPS) is 14.2. The van der Waals surface area contributed by atoms with Gasteiger partial charge in [0.05, 0.1) is 19.8 Å². The smallest absolute Gasteiger partial charge is 0.321 e. The summed E-state index contributed by atoms with van der Waals surface area (Å²) in [5, 5.41) is 6.68. The SMILES string of the molecule is Cc1cc(CN(C)C(=O)Nc2cccc(C(=O)N3CCOCC3)c2)no1. The van der Waals surface area contributed by atoms with E-state index >= 15 is 0 Å². The van der Waals surface area contributed by atoms with E-state index in [1.807, 2.05) is 0 Å². The van der Waals surface area contributed by atoms with Crippen LogP contribution in [-0.4, -0.2) is 60.2 Å². The van der Waals surface area contributed by atoms with Crippen molar-refractivity contribution in [1.82, 2.24) is 15.0 Å². The molecule has 3 amide bonds. The van der Waals surface area contributed by atoms with Gasteiger partial charge in [0.1, 0.15) is 11.5 Å². The van der Waals surface area contributed by atoms with Gasteiger partial charge in [0, 0.05) is 37.5 Å². The van der Waals surface area contributed by atoms with E-state index in [9.17, 15) is 9.59 Å². The van der Waals surface area contributed by atoms with Crippen LogP contribution in [0.1, 0.15) is 21.8 Å². The number of aromatic nitrogens is 1. The number of carbonyl (C=O) groups is 2. The maximum atomic E-state index is 12.5. The second-order valence-electron chi connectivity index (χ2n) is 6.20. The zero-order valence-electron chi connectivity index (χ0n) is 14.9. The highest BCUT2D eigenvalue weighted by Crippen LogP contribution is 2.15. The van der Waals surface area contributed by atoms with Crippen molar-refractivity contribution in [2.24, 2.45) is 0 Å². The van der Waals surface area contributed by atoms with Crippen molar-refractivity contribution < 1.29 is 18.8 Å². The molecule has 2 heterocycles. The van der Waals surface area contributed by atoms with Gasteiger partial charge in [-0.3, -0.25) is 4.79 Å². The van der Waals surface area contributed by atoms with E-state index in [0.717, 1.165) is 0 Å². The summed E-state index contributed by atoms with van der Waals surface area (Å²) < 4.78 is 10.3. The van der Waals surface area contributed by atoms with Gasteiger partial charge in [-0.15, -0.1) is 0 Å². The Morgan fingerprint density at radius 3 is 2.73 bits per heavy atom. The Kier molecular flexibility index (Phi) is 5.52. The lowest BCUT2D eigenvalue weighted by Gasteiger charge is -2.27. The number of rotatable bonds is 4. The van der Waals surface area contributed by atoms with E-state index in [1.54, 1.807) is 49.2 Å². The third kappa shape index (κ3) is 4.40. The highest BCUT2D eigenvalue weighted by atomic mass is 16.5. The van der Waals surface area contributed by atoms with Crippen LogP contribution in [0.3, 0.4) is 0 Å². The Morgan fingerprint density at radius 1 is 1.27 bits per heavy atom. The summed E-state index contributed by atoms with van der Waals surface area (Å²) in [5.41, 5.74) is 1.79. The molecule has 0 radical (unpaired) electrons. The molecule has 0 aliphatic carbocycles. The molecule has 1 aliphatic heterocycles. The summed E-state index contributed by atoms with van der Waals surface area (Å²) in [5.74, 6) is 0.638. The van der Waals surface area contributed by atoms with E-state index < -0.39 is 0 Å². The number of anilines is 1. The third-order valence-corrected chi connectivity index (χ3v) is 4.08. The molecule has 1 saturated heterocycles. The Bertz CT molecular complexity index is 783. The molecule has 1 fully saturated rings. The molecular formula is C18H22N4O4. The van der Waals surface area contributed by atoms with Crippen LogP contribution in [0, 0.1) is 6.92 Å². The van der Waals surface area contributed by atoms with Crippen molar-refractivity contribution in [1.29, 1.82) is 0 Å². The van der Waals surface area contributed by atoms with Crippen molar-refractivity contribution in [2.45, 2.75) is 13.5 Å². The molecule has 8 heteroatoms. The Balaban J connectivity index is 1.62. The van der Waals surface area contributed by atoms with Crippen LogP contribution in [0.25, 0.3) is 0 Å². The topological polar surface area (TPSA) is 87.9 Å². The first kappa shape index (κ1) is 17.9. The number of carbonyl (C=O) groups excluding carboxylic acids is 2. The molecule has 1 N–H and O–H groups in total. The van der Waals surface area contributed by atoms with E-state index in [4.69, 9.17) is 9.26 Å². The van der Waals surface area contributed by atoms with Crippen molar-refractivity contribution in [2.75, 3.05) is 38.7 Å². The molecule has 1 aliphatic rings. The lowest BCUT2D eigenvalue weighted by molar-refractivity contribution is 0.0303. The molecule has 26 heavy (non-hydrogen) atoms. The lowest BCUT2D eigenvalue weighted by Crippen LogP contribution is -2.40. The number of urea groups is 1. The van der Waals surface area contributed by atoms with Crippen LogP contribution in [0.4, 0.5) is 10.5 Å². The first-order valence-corrected chi connectivity index (χ1v) is 8.44. The number of ether oxygens (including phenoxy) is 1. The van der Waals surface area contributed by atoms with E-state index in [2.05, 4.69) is 10.5 Å². The summed E-state index contributed by atoms with van der Waals surface area (Å²) in [6, 6.07) is 8.43. The highest BCUT2D eigenvalue weighted by Gasteiger charge is 2.19. The lowest BCUT2D eigenvalue weighted by atomic mass is 10.1. The number of hydrogen-bond donors (Lipinski definition) is 1. The van der Waals surface area contributed by atoms with Gasteiger partial charge in [-0.1, -0.05) is 11.2 Å². The molecule has 0 spiro atoms. The highest BCUT2D eigenvalue weighted by molar-refractivity contribution is 5.97. The number of nitrogens with zero attached hydrogens (tertiary/aromatic N) is 3. The number of benzene rings is 1. The van der Waals surface area contributed by atoms with Gasteiger partial charge in [-0.2, -0.15) is 0 Å². The fourth-order valence-corrected chi connectivity index (χ4v) is 2.71. The molecule has 8 nitrogen and oxygen atoms in total. The predicted molar refractivity (Wildman–Crippen MR) is 94.9 cm³/mol. The summed E-state index contributed by atoms with van der Waals surface area (Å²) in [7, 11) is 1.67. The van der Waals surface area contributed by atoms with E-state index in [-0.39, 0.29) is 11.9 Å². The molecule has 0 bridgehead atoms. The number of hydrogen-bond acceptors (Lipinski definition) is 5. The zero-order chi connectivity index (χ0) is 18.5. The summed E-state index contributed by atoms with van der Waals surface area (Å²) in [6.45, 7) is 4.39. The molecule has 2 aromatic rings. The van der Waals surface area contributed by atoms with Gasteiger partial charge in [0.15, 0.2) is 0 Å². The van der Waals surface area contributed by atoms with Gasteiger partial charge < -0.3 is 24.4 Å². The first-order chi connectivity index (χ1) is 12.5. The van der Waals surface area contributed by atoms with Crippen molar-refractivity contribution in [3.63, 3.8) is 0 Å². The standard InChI is InChI=1S/C18H22N4O4/c1-13-10-16(20-26-13)12-21(2)18(24)19-15-5-3-4-14(11-15)17(23)22-6-8-25-9-7-22/h3-5,10-11H,6-9,12H2,1-2H3,(H,19,24). The van der Waals surface area contributed by atoms with Crippen molar-refractivity contribution in [3.05, 3.63) is 47.3 Å². The second-order valence-corrected chi connectivity index (χ2v) is 6.20. The summed E-state index contributed by atoms with van der Waals surface area (Å²) in [6.07, 6.45) is 0. The molecule has 1 aromatic carbocycles. The van der Waals surface area contributed by atoms with Crippen LogP contribution in [0.5, 0.6) is 0 Å². The van der Waals surface area contributed by atoms with Gasteiger partial charge >= 0.3 is 6.03 Å². The van der Waals surface area contributed by atoms with E-state index in [0.29, 0.717) is 55.6 Å². The summed E-state index contributed by atoms with van der Waals surface area (Å²) >= 11 is 0. The minimum atomic E-state index is -0.290. The molecule has 138 valence electrons. The van der Waals surface area contributed by atoms with Crippen LogP contribution < -0.4 is 5.32 Å². The monoisotopic (exact) mass is 358 g/mol. The second kappa shape index (κ2) is 8.01. The largest absolute Gasteiger partial charge is 0.378 e. The Morgan fingerprint density at radius 2 is 2.04 bits per heavy atom. The summed E-state index contributed by atoms with van der Waals surface area (Å²) in [4.78, 5) is 28.1.